The van der Waals surface area contributed by atoms with Crippen molar-refractivity contribution in [1.82, 2.24) is 20.3 Å². The second-order valence-corrected chi connectivity index (χ2v) is 18.0. The Hall–Kier alpha value is -4.50. The summed E-state index contributed by atoms with van der Waals surface area (Å²) >= 11 is 0. The summed E-state index contributed by atoms with van der Waals surface area (Å²) in [6.07, 6.45) is 17.2. The SMILES string of the molecule is CCc1c2[nH]c(c1C)/C=C1\N/C(=C3\c4[nH]c(c(C)c4[C@@H](O)[C@@H]3C(=O)OC)/C=c3\[nH]/c(c(C)c3CC)=C\2)[C@@H](CCC(=O)OC/C=C(/C)CCC[C@H](C)CCCC(C)C)[C@@H]1C. The quantitative estimate of drug-likeness (QED) is 0.0726. The molecule has 59 heavy (non-hydrogen) atoms. The van der Waals surface area contributed by atoms with Gasteiger partial charge in [0.1, 0.15) is 12.5 Å². The van der Waals surface area contributed by atoms with Crippen LogP contribution in [0.25, 0.3) is 23.8 Å². The second-order valence-electron chi connectivity index (χ2n) is 18.0. The highest BCUT2D eigenvalue weighted by Gasteiger charge is 2.48. The van der Waals surface area contributed by atoms with Crippen LogP contribution in [-0.4, -0.2) is 45.7 Å². The van der Waals surface area contributed by atoms with E-state index in [0.717, 1.165) is 88.0 Å². The van der Waals surface area contributed by atoms with Gasteiger partial charge in [0.2, 0.25) is 0 Å². The van der Waals surface area contributed by atoms with E-state index < -0.39 is 18.0 Å². The van der Waals surface area contributed by atoms with Gasteiger partial charge in [-0.2, -0.15) is 0 Å². The van der Waals surface area contributed by atoms with Crippen LogP contribution in [0.5, 0.6) is 0 Å². The zero-order valence-electron chi connectivity index (χ0n) is 37.6. The standard InChI is InChI=1S/C50H70N4O5/c1-12-34-30(7)37-24-39-32(9)36(20-21-43(55)59-23-22-29(6)19-15-18-28(5)17-14-16-27(3)4)47(53-39)45-46(50(57)58-11)49(56)44-33(10)40(54-48(44)45)26-42-35(13-2)31(8)38(52-42)25-41(34)51-37/h22,24-28,32,36,46,49,51-54,56H,12-21,23H2,1-11H3/b29-22-,38-25-,39-24-,42-26-,47-45-/t28-,32+,36+,46-,49-/m1/s1. The molecule has 5 atom stereocenters. The molecule has 320 valence electrons. The van der Waals surface area contributed by atoms with Gasteiger partial charge in [0, 0.05) is 68.6 Å². The number of rotatable bonds is 16. The maximum atomic E-state index is 13.6. The number of esters is 2. The Labute approximate surface area is 351 Å². The topological polar surface area (TPSA) is 132 Å². The number of nitrogens with one attached hydrogen (secondary N) is 4. The lowest BCUT2D eigenvalue weighted by molar-refractivity contribution is -0.146. The van der Waals surface area contributed by atoms with Gasteiger partial charge in [-0.25, -0.2) is 0 Å². The van der Waals surface area contributed by atoms with Gasteiger partial charge in [0.15, 0.2) is 0 Å². The number of carbonyl (C=O) groups excluding carboxylic acids is 2. The summed E-state index contributed by atoms with van der Waals surface area (Å²) in [5.74, 6) is -0.363. The van der Waals surface area contributed by atoms with Gasteiger partial charge in [-0.3, -0.25) is 9.59 Å². The first-order valence-corrected chi connectivity index (χ1v) is 22.3. The lowest BCUT2D eigenvalue weighted by atomic mass is 9.84. The van der Waals surface area contributed by atoms with E-state index in [1.54, 1.807) is 0 Å². The molecule has 0 amide bonds. The summed E-state index contributed by atoms with van der Waals surface area (Å²) in [7, 11) is 1.37. The Kier molecular flexibility index (Phi) is 14.1. The van der Waals surface area contributed by atoms with E-state index in [-0.39, 0.29) is 30.8 Å². The molecular weight excluding hydrogens is 737 g/mol. The summed E-state index contributed by atoms with van der Waals surface area (Å²) in [4.78, 5) is 38.1. The molecule has 3 aromatic heterocycles. The summed E-state index contributed by atoms with van der Waals surface area (Å²) in [5.41, 5.74) is 13.9. The lowest BCUT2D eigenvalue weighted by Gasteiger charge is -2.21. The van der Waals surface area contributed by atoms with Crippen molar-refractivity contribution in [3.63, 3.8) is 0 Å². The normalized spacial score (nSPS) is 23.6. The Balaban J connectivity index is 1.33. The van der Waals surface area contributed by atoms with Gasteiger partial charge >= 0.3 is 11.9 Å². The predicted octanol–water partition coefficient (Wildman–Crippen LogP) is 9.04. The molecule has 2 aliphatic heterocycles. The zero-order valence-corrected chi connectivity index (χ0v) is 37.6. The van der Waals surface area contributed by atoms with Crippen molar-refractivity contribution in [2.24, 2.45) is 29.6 Å². The maximum absolute atomic E-state index is 13.6. The van der Waals surface area contributed by atoms with Crippen molar-refractivity contribution in [3.8, 4) is 0 Å². The number of hydrogen-bond acceptors (Lipinski definition) is 6. The zero-order chi connectivity index (χ0) is 42.7. The van der Waals surface area contributed by atoms with E-state index in [2.05, 4.69) is 101 Å². The van der Waals surface area contributed by atoms with Gasteiger partial charge < -0.3 is 34.8 Å². The van der Waals surface area contributed by atoms with Crippen molar-refractivity contribution < 1.29 is 24.2 Å². The first-order valence-electron chi connectivity index (χ1n) is 22.3. The van der Waals surface area contributed by atoms with E-state index in [0.29, 0.717) is 17.6 Å². The average Bonchev–Trinajstić information content (AvgIpc) is 3.94. The van der Waals surface area contributed by atoms with Crippen LogP contribution in [0, 0.1) is 50.4 Å². The minimum atomic E-state index is -1.10. The number of hydrogen-bond donors (Lipinski definition) is 5. The number of aliphatic hydroxyl groups is 1. The molecule has 1 fully saturated rings. The molecule has 3 aliphatic rings. The molecule has 1 saturated heterocycles. The minimum Gasteiger partial charge on any atom is -0.468 e. The summed E-state index contributed by atoms with van der Waals surface area (Å²) in [6, 6.07) is 0. The van der Waals surface area contributed by atoms with Crippen molar-refractivity contribution in [2.45, 2.75) is 140 Å². The minimum absolute atomic E-state index is 0.0300. The van der Waals surface area contributed by atoms with Crippen LogP contribution in [0.1, 0.15) is 162 Å². The van der Waals surface area contributed by atoms with Crippen molar-refractivity contribution >= 4 is 35.7 Å². The average molecular weight is 807 g/mol. The van der Waals surface area contributed by atoms with Gasteiger partial charge in [-0.05, 0) is 124 Å². The number of aromatic nitrogens is 3. The van der Waals surface area contributed by atoms with E-state index in [9.17, 15) is 14.7 Å². The van der Waals surface area contributed by atoms with Crippen LogP contribution in [0.3, 0.4) is 0 Å². The number of methoxy groups -OCH3 is 1. The summed E-state index contributed by atoms with van der Waals surface area (Å²) < 4.78 is 11.1. The number of fused-ring (bicyclic) bond motifs is 7. The fourth-order valence-corrected chi connectivity index (χ4v) is 9.89. The van der Waals surface area contributed by atoms with E-state index in [1.807, 2.05) is 13.0 Å². The molecule has 0 saturated carbocycles. The van der Waals surface area contributed by atoms with E-state index >= 15 is 0 Å². The Bertz CT molecular complexity index is 2260. The Morgan fingerprint density at radius 3 is 2.24 bits per heavy atom. The molecule has 3 aromatic rings. The van der Waals surface area contributed by atoms with E-state index in [4.69, 9.17) is 9.47 Å². The van der Waals surface area contributed by atoms with Crippen molar-refractivity contribution in [1.29, 1.82) is 0 Å². The molecule has 0 unspecified atom stereocenters. The van der Waals surface area contributed by atoms with Crippen molar-refractivity contribution in [3.05, 3.63) is 89.9 Å². The molecule has 5 N–H and O–H groups in total. The number of H-pyrrole nitrogens is 3. The van der Waals surface area contributed by atoms with Crippen LogP contribution in [0.4, 0.5) is 0 Å². The number of aromatic amines is 3. The maximum Gasteiger partial charge on any atom is 0.316 e. The third-order valence-corrected chi connectivity index (χ3v) is 13.6. The lowest BCUT2D eigenvalue weighted by Crippen LogP contribution is -2.24. The highest BCUT2D eigenvalue weighted by atomic mass is 16.5. The van der Waals surface area contributed by atoms with Gasteiger partial charge in [0.05, 0.1) is 18.9 Å². The molecule has 6 rings (SSSR count). The first kappa shape index (κ1) is 44.1. The Morgan fingerprint density at radius 1 is 0.847 bits per heavy atom. The molecule has 9 heteroatoms. The fraction of sp³-hybridized carbons (Fsp3) is 0.560. The smallest absolute Gasteiger partial charge is 0.316 e. The highest BCUT2D eigenvalue weighted by Crippen LogP contribution is 2.52. The van der Waals surface area contributed by atoms with Crippen LogP contribution in [0.15, 0.2) is 23.0 Å². The largest absolute Gasteiger partial charge is 0.468 e. The highest BCUT2D eigenvalue weighted by molar-refractivity contribution is 5.95. The molecule has 0 spiro atoms. The fourth-order valence-electron chi connectivity index (χ4n) is 9.89. The van der Waals surface area contributed by atoms with Gasteiger partial charge in [-0.15, -0.1) is 0 Å². The number of carbonyl (C=O) groups is 2. The van der Waals surface area contributed by atoms with Gasteiger partial charge in [0.25, 0.3) is 0 Å². The van der Waals surface area contributed by atoms with Crippen LogP contribution in [-0.2, 0) is 31.9 Å². The molecule has 1 aliphatic carbocycles. The number of ether oxygens (including phenoxy) is 2. The predicted molar refractivity (Wildman–Crippen MR) is 239 cm³/mol. The Morgan fingerprint density at radius 2 is 1.54 bits per heavy atom. The molecular formula is C50H70N4O5. The number of aliphatic hydroxyl groups excluding tert-OH is 1. The van der Waals surface area contributed by atoms with Gasteiger partial charge in [-0.1, -0.05) is 72.8 Å². The van der Waals surface area contributed by atoms with Crippen molar-refractivity contribution in [2.75, 3.05) is 13.7 Å². The third kappa shape index (κ3) is 9.15. The molecule has 0 radical (unpaired) electrons. The van der Waals surface area contributed by atoms with Crippen LogP contribution < -0.4 is 16.0 Å². The first-order chi connectivity index (χ1) is 28.2. The van der Waals surface area contributed by atoms with Crippen LogP contribution >= 0.6 is 0 Å². The third-order valence-electron chi connectivity index (χ3n) is 13.6. The molecule has 9 nitrogen and oxygen atoms in total. The summed E-state index contributed by atoms with van der Waals surface area (Å²) in [5, 5.41) is 17.8. The van der Waals surface area contributed by atoms with Crippen LogP contribution in [0.2, 0.25) is 0 Å². The number of allylic oxidation sites excluding steroid dienone is 3. The monoisotopic (exact) mass is 807 g/mol. The van der Waals surface area contributed by atoms with E-state index in [1.165, 1.54) is 60.6 Å². The molecule has 0 aromatic carbocycles. The molecule has 8 bridgehead atoms. The summed E-state index contributed by atoms with van der Waals surface area (Å²) in [6.45, 7) is 22.2. The second kappa shape index (κ2) is 18.8. The molecule has 5 heterocycles.